The Labute approximate surface area is 134 Å². The third-order valence-electron chi connectivity index (χ3n) is 2.98. The summed E-state index contributed by atoms with van der Waals surface area (Å²) in [5, 5.41) is 11.1. The molecular weight excluding hydrogens is 308 g/mol. The van der Waals surface area contributed by atoms with Crippen LogP contribution in [-0.4, -0.2) is 33.6 Å². The average Bonchev–Trinajstić information content (AvgIpc) is 2.88. The summed E-state index contributed by atoms with van der Waals surface area (Å²) in [4.78, 5) is 4.38. The number of aliphatic hydroxyl groups excluding tert-OH is 1. The number of hydrogen-bond donors (Lipinski definition) is 1. The number of aliphatic hydroxyl groups is 1. The van der Waals surface area contributed by atoms with Gasteiger partial charge in [-0.1, -0.05) is 35.5 Å². The Morgan fingerprint density at radius 2 is 2.10 bits per heavy atom. The molecule has 0 saturated carbocycles. The van der Waals surface area contributed by atoms with Gasteiger partial charge in [0.25, 0.3) is 0 Å². The standard InChI is InChI=1S/C15H19ClN2O2S/c1-2-20-7-8-21-15-17-9-14(11-19)18(15)10-12-3-5-13(16)6-4-12/h3-6,9,19H,2,7-8,10-11H2,1H3. The van der Waals surface area contributed by atoms with Crippen LogP contribution in [0.1, 0.15) is 18.2 Å². The number of hydrogen-bond acceptors (Lipinski definition) is 4. The third-order valence-corrected chi connectivity index (χ3v) is 4.19. The van der Waals surface area contributed by atoms with Crippen LogP contribution in [0.5, 0.6) is 0 Å². The predicted molar refractivity (Wildman–Crippen MR) is 85.9 cm³/mol. The van der Waals surface area contributed by atoms with Gasteiger partial charge in [0.1, 0.15) is 0 Å². The van der Waals surface area contributed by atoms with E-state index in [9.17, 15) is 5.11 Å². The molecule has 0 unspecified atom stereocenters. The van der Waals surface area contributed by atoms with E-state index in [0.717, 1.165) is 33.8 Å². The van der Waals surface area contributed by atoms with Gasteiger partial charge < -0.3 is 14.4 Å². The molecule has 2 rings (SSSR count). The Morgan fingerprint density at radius 3 is 2.76 bits per heavy atom. The summed E-state index contributed by atoms with van der Waals surface area (Å²) in [5.41, 5.74) is 1.93. The lowest BCUT2D eigenvalue weighted by Gasteiger charge is -2.11. The number of imidazole rings is 1. The SMILES string of the molecule is CCOCCSc1ncc(CO)n1Cc1ccc(Cl)cc1. The quantitative estimate of drug-likeness (QED) is 0.598. The van der Waals surface area contributed by atoms with Crippen LogP contribution in [-0.2, 0) is 17.9 Å². The van der Waals surface area contributed by atoms with E-state index in [4.69, 9.17) is 16.3 Å². The van der Waals surface area contributed by atoms with Crippen molar-refractivity contribution in [3.05, 3.63) is 46.7 Å². The molecule has 114 valence electrons. The van der Waals surface area contributed by atoms with Gasteiger partial charge in [0, 0.05) is 23.9 Å². The molecule has 1 aromatic carbocycles. The Balaban J connectivity index is 2.08. The fourth-order valence-corrected chi connectivity index (χ4v) is 2.89. The Morgan fingerprint density at radius 1 is 1.33 bits per heavy atom. The highest BCUT2D eigenvalue weighted by atomic mass is 35.5. The zero-order valence-corrected chi connectivity index (χ0v) is 13.5. The van der Waals surface area contributed by atoms with Crippen molar-refractivity contribution in [1.29, 1.82) is 0 Å². The summed E-state index contributed by atoms with van der Waals surface area (Å²) in [5.74, 6) is 0.844. The molecule has 0 fully saturated rings. The zero-order chi connectivity index (χ0) is 15.1. The molecule has 0 spiro atoms. The lowest BCUT2D eigenvalue weighted by Crippen LogP contribution is -2.07. The van der Waals surface area contributed by atoms with E-state index in [0.29, 0.717) is 13.2 Å². The van der Waals surface area contributed by atoms with Crippen molar-refractivity contribution in [3.8, 4) is 0 Å². The molecule has 0 saturated heterocycles. The maximum Gasteiger partial charge on any atom is 0.168 e. The van der Waals surface area contributed by atoms with Gasteiger partial charge in [0.2, 0.25) is 0 Å². The second-order valence-corrected chi connectivity index (χ2v) is 5.95. The van der Waals surface area contributed by atoms with Crippen LogP contribution >= 0.6 is 23.4 Å². The van der Waals surface area contributed by atoms with Gasteiger partial charge in [-0.3, -0.25) is 0 Å². The molecule has 0 radical (unpaired) electrons. The van der Waals surface area contributed by atoms with Crippen LogP contribution in [0.15, 0.2) is 35.6 Å². The number of thioether (sulfide) groups is 1. The number of benzene rings is 1. The Hall–Kier alpha value is -1.01. The predicted octanol–water partition coefficient (Wildman–Crippen LogP) is 3.21. The van der Waals surface area contributed by atoms with E-state index < -0.39 is 0 Å². The molecule has 0 atom stereocenters. The molecule has 4 nitrogen and oxygen atoms in total. The fourth-order valence-electron chi connectivity index (χ4n) is 1.91. The first-order valence-corrected chi connectivity index (χ1v) is 8.21. The first kappa shape index (κ1) is 16.4. The second kappa shape index (κ2) is 8.44. The van der Waals surface area contributed by atoms with Crippen molar-refractivity contribution in [2.24, 2.45) is 0 Å². The maximum absolute atomic E-state index is 9.45. The second-order valence-electron chi connectivity index (χ2n) is 4.45. The molecule has 0 amide bonds. The molecule has 21 heavy (non-hydrogen) atoms. The fraction of sp³-hybridized carbons (Fsp3) is 0.400. The van der Waals surface area contributed by atoms with Crippen LogP contribution in [0.3, 0.4) is 0 Å². The summed E-state index contributed by atoms with van der Waals surface area (Å²) in [7, 11) is 0. The smallest absolute Gasteiger partial charge is 0.168 e. The van der Waals surface area contributed by atoms with E-state index in [1.807, 2.05) is 35.8 Å². The highest BCUT2D eigenvalue weighted by molar-refractivity contribution is 7.99. The maximum atomic E-state index is 9.45. The third kappa shape index (κ3) is 4.74. The van der Waals surface area contributed by atoms with Crippen LogP contribution in [0.4, 0.5) is 0 Å². The lowest BCUT2D eigenvalue weighted by molar-refractivity contribution is 0.164. The molecule has 0 aliphatic heterocycles. The van der Waals surface area contributed by atoms with Gasteiger partial charge in [0.15, 0.2) is 5.16 Å². The monoisotopic (exact) mass is 326 g/mol. The normalized spacial score (nSPS) is 11.0. The Bertz CT molecular complexity index is 557. The number of ether oxygens (including phenoxy) is 1. The number of halogens is 1. The number of nitrogens with zero attached hydrogens (tertiary/aromatic N) is 2. The van der Waals surface area contributed by atoms with Gasteiger partial charge >= 0.3 is 0 Å². The largest absolute Gasteiger partial charge is 0.390 e. The number of aromatic nitrogens is 2. The molecular formula is C15H19ClN2O2S. The first-order chi connectivity index (χ1) is 10.2. The van der Waals surface area contributed by atoms with Crippen LogP contribution in [0, 0.1) is 0 Å². The number of rotatable bonds is 8. The first-order valence-electron chi connectivity index (χ1n) is 6.84. The highest BCUT2D eigenvalue weighted by Gasteiger charge is 2.10. The van der Waals surface area contributed by atoms with Gasteiger partial charge in [-0.2, -0.15) is 0 Å². The summed E-state index contributed by atoms with van der Waals surface area (Å²) >= 11 is 7.54. The van der Waals surface area contributed by atoms with Gasteiger partial charge in [-0.15, -0.1) is 0 Å². The molecule has 1 aromatic heterocycles. The summed E-state index contributed by atoms with van der Waals surface area (Å²) in [6.45, 7) is 4.05. The summed E-state index contributed by atoms with van der Waals surface area (Å²) in [6.07, 6.45) is 1.72. The molecule has 0 aliphatic rings. The van der Waals surface area contributed by atoms with Crippen molar-refractivity contribution < 1.29 is 9.84 Å². The minimum atomic E-state index is -0.0212. The van der Waals surface area contributed by atoms with Gasteiger partial charge in [-0.25, -0.2) is 4.98 Å². The Kier molecular flexibility index (Phi) is 6.57. The molecule has 6 heteroatoms. The van der Waals surface area contributed by atoms with Crippen molar-refractivity contribution in [2.45, 2.75) is 25.2 Å². The lowest BCUT2D eigenvalue weighted by atomic mass is 10.2. The highest BCUT2D eigenvalue weighted by Crippen LogP contribution is 2.21. The molecule has 1 N–H and O–H groups in total. The summed E-state index contributed by atoms with van der Waals surface area (Å²) in [6, 6.07) is 7.71. The van der Waals surface area contributed by atoms with E-state index in [1.54, 1.807) is 18.0 Å². The van der Waals surface area contributed by atoms with Crippen molar-refractivity contribution in [1.82, 2.24) is 9.55 Å². The van der Waals surface area contributed by atoms with E-state index in [2.05, 4.69) is 4.98 Å². The molecule has 2 aromatic rings. The molecule has 1 heterocycles. The molecule has 0 bridgehead atoms. The minimum Gasteiger partial charge on any atom is -0.390 e. The zero-order valence-electron chi connectivity index (χ0n) is 12.0. The summed E-state index contributed by atoms with van der Waals surface area (Å²) < 4.78 is 7.37. The van der Waals surface area contributed by atoms with Crippen molar-refractivity contribution in [2.75, 3.05) is 19.0 Å². The topological polar surface area (TPSA) is 47.3 Å². The minimum absolute atomic E-state index is 0.0212. The average molecular weight is 327 g/mol. The van der Waals surface area contributed by atoms with E-state index in [-0.39, 0.29) is 6.61 Å². The van der Waals surface area contributed by atoms with Crippen molar-refractivity contribution in [3.63, 3.8) is 0 Å². The van der Waals surface area contributed by atoms with Gasteiger partial charge in [-0.05, 0) is 24.6 Å². The van der Waals surface area contributed by atoms with Crippen LogP contribution < -0.4 is 0 Å². The van der Waals surface area contributed by atoms with Crippen LogP contribution in [0.2, 0.25) is 5.02 Å². The molecule has 0 aliphatic carbocycles. The van der Waals surface area contributed by atoms with E-state index in [1.165, 1.54) is 0 Å². The van der Waals surface area contributed by atoms with Gasteiger partial charge in [0.05, 0.1) is 25.1 Å². The van der Waals surface area contributed by atoms with E-state index >= 15 is 0 Å². The van der Waals surface area contributed by atoms with Crippen molar-refractivity contribution >= 4 is 23.4 Å². The van der Waals surface area contributed by atoms with Crippen LogP contribution in [0.25, 0.3) is 0 Å².